The van der Waals surface area contributed by atoms with E-state index in [-0.39, 0.29) is 27.0 Å². The van der Waals surface area contributed by atoms with Crippen molar-refractivity contribution < 1.29 is 46.1 Å². The van der Waals surface area contributed by atoms with Gasteiger partial charge in [-0.25, -0.2) is 0 Å². The number of methoxy groups -OCH3 is 3. The van der Waals surface area contributed by atoms with Crippen LogP contribution in [0, 0.1) is 5.92 Å². The first-order chi connectivity index (χ1) is 11.9. The standard InChI is InChI=1S/C14H28O10S/c1-18-7-21-11-5-10(6-15)12(24-25(4,16)17)14(23-9-20-3)13(11)22-8-19-2/h10-15H,5-9H2,1-4H3/t10-,11-,12+,13+,14-/m1/s1. The van der Waals surface area contributed by atoms with Crippen LogP contribution >= 0.6 is 0 Å². The molecule has 10 nitrogen and oxygen atoms in total. The van der Waals surface area contributed by atoms with Crippen molar-refractivity contribution >= 4 is 10.1 Å². The van der Waals surface area contributed by atoms with Crippen molar-refractivity contribution in [1.82, 2.24) is 0 Å². The average molecular weight is 388 g/mol. The quantitative estimate of drug-likeness (QED) is 0.340. The van der Waals surface area contributed by atoms with Gasteiger partial charge in [0.25, 0.3) is 10.1 Å². The summed E-state index contributed by atoms with van der Waals surface area (Å²) in [6.45, 7) is -0.475. The lowest BCUT2D eigenvalue weighted by molar-refractivity contribution is -0.251. The zero-order chi connectivity index (χ0) is 18.9. The van der Waals surface area contributed by atoms with Crippen LogP contribution in [0.15, 0.2) is 0 Å². The van der Waals surface area contributed by atoms with Crippen molar-refractivity contribution in [3.8, 4) is 0 Å². The molecule has 150 valence electrons. The molecule has 0 aromatic carbocycles. The summed E-state index contributed by atoms with van der Waals surface area (Å²) in [6.07, 6.45) is -1.82. The Morgan fingerprint density at radius 1 is 0.880 bits per heavy atom. The van der Waals surface area contributed by atoms with Gasteiger partial charge in [0.1, 0.15) is 38.7 Å². The highest BCUT2D eigenvalue weighted by molar-refractivity contribution is 7.86. The van der Waals surface area contributed by atoms with E-state index in [2.05, 4.69) is 0 Å². The van der Waals surface area contributed by atoms with Crippen LogP contribution in [0.1, 0.15) is 6.42 Å². The second-order valence-electron chi connectivity index (χ2n) is 5.63. The fraction of sp³-hybridized carbons (Fsp3) is 1.00. The highest BCUT2D eigenvalue weighted by atomic mass is 32.2. The molecule has 0 aromatic rings. The van der Waals surface area contributed by atoms with Gasteiger partial charge >= 0.3 is 0 Å². The lowest BCUT2D eigenvalue weighted by atomic mass is 9.81. The number of ether oxygens (including phenoxy) is 6. The van der Waals surface area contributed by atoms with Gasteiger partial charge in [-0.05, 0) is 6.42 Å². The van der Waals surface area contributed by atoms with Crippen LogP contribution in [0.25, 0.3) is 0 Å². The van der Waals surface area contributed by atoms with E-state index in [1.807, 2.05) is 0 Å². The second-order valence-corrected chi connectivity index (χ2v) is 7.23. The number of aliphatic hydroxyl groups excluding tert-OH is 1. The van der Waals surface area contributed by atoms with Gasteiger partial charge in [-0.2, -0.15) is 8.42 Å². The first-order valence-corrected chi connectivity index (χ1v) is 9.50. The second kappa shape index (κ2) is 11.4. The third-order valence-corrected chi connectivity index (χ3v) is 4.26. The van der Waals surface area contributed by atoms with Gasteiger partial charge in [-0.3, -0.25) is 4.18 Å². The molecular weight excluding hydrogens is 360 g/mol. The van der Waals surface area contributed by atoms with Crippen LogP contribution < -0.4 is 0 Å². The molecule has 1 fully saturated rings. The lowest BCUT2D eigenvalue weighted by Crippen LogP contribution is -2.58. The molecule has 25 heavy (non-hydrogen) atoms. The third kappa shape index (κ3) is 7.41. The van der Waals surface area contributed by atoms with Gasteiger partial charge in [0.05, 0.1) is 12.4 Å². The molecule has 1 rings (SSSR count). The van der Waals surface area contributed by atoms with Crippen molar-refractivity contribution in [2.24, 2.45) is 5.92 Å². The number of aliphatic hydroxyl groups is 1. The lowest BCUT2D eigenvalue weighted by Gasteiger charge is -2.44. The smallest absolute Gasteiger partial charge is 0.264 e. The fourth-order valence-corrected chi connectivity index (χ4v) is 3.42. The summed E-state index contributed by atoms with van der Waals surface area (Å²) >= 11 is 0. The van der Waals surface area contributed by atoms with Crippen LogP contribution in [-0.4, -0.2) is 92.5 Å². The first kappa shape index (κ1) is 22.7. The topological polar surface area (TPSA) is 119 Å². The Labute approximate surface area is 148 Å². The molecule has 0 aromatic heterocycles. The van der Waals surface area contributed by atoms with Crippen LogP contribution in [-0.2, 0) is 42.7 Å². The Balaban J connectivity index is 3.10. The molecule has 0 saturated heterocycles. The van der Waals surface area contributed by atoms with E-state index in [9.17, 15) is 13.5 Å². The summed E-state index contributed by atoms with van der Waals surface area (Å²) in [4.78, 5) is 0. The summed E-state index contributed by atoms with van der Waals surface area (Å²) in [7, 11) is 0.582. The molecular formula is C14H28O10S. The van der Waals surface area contributed by atoms with Crippen molar-refractivity contribution in [3.05, 3.63) is 0 Å². The van der Waals surface area contributed by atoms with E-state index in [1.54, 1.807) is 0 Å². The van der Waals surface area contributed by atoms with Gasteiger partial charge in [-0.1, -0.05) is 0 Å². The maximum Gasteiger partial charge on any atom is 0.264 e. The average Bonchev–Trinajstić information content (AvgIpc) is 2.56. The van der Waals surface area contributed by atoms with E-state index in [1.165, 1.54) is 21.3 Å². The van der Waals surface area contributed by atoms with Crippen LogP contribution in [0.5, 0.6) is 0 Å². The van der Waals surface area contributed by atoms with Gasteiger partial charge in [-0.15, -0.1) is 0 Å². The van der Waals surface area contributed by atoms with Crippen molar-refractivity contribution in [2.75, 3.05) is 54.6 Å². The van der Waals surface area contributed by atoms with Crippen LogP contribution in [0.3, 0.4) is 0 Å². The van der Waals surface area contributed by atoms with Gasteiger partial charge in [0.15, 0.2) is 0 Å². The normalized spacial score (nSPS) is 30.5. The minimum absolute atomic E-state index is 0.00422. The Hall–Kier alpha value is -0.370. The van der Waals surface area contributed by atoms with E-state index in [0.717, 1.165) is 6.26 Å². The summed E-state index contributed by atoms with van der Waals surface area (Å²) in [5, 5.41) is 9.69. The van der Waals surface area contributed by atoms with E-state index in [4.69, 9.17) is 32.6 Å². The minimum Gasteiger partial charge on any atom is -0.396 e. The Bertz CT molecular complexity index is 457. The largest absolute Gasteiger partial charge is 0.396 e. The molecule has 0 amide bonds. The maximum atomic E-state index is 11.6. The zero-order valence-corrected chi connectivity index (χ0v) is 15.8. The summed E-state index contributed by atoms with van der Waals surface area (Å²) in [5.74, 6) is -0.541. The first-order valence-electron chi connectivity index (χ1n) is 7.68. The van der Waals surface area contributed by atoms with Gasteiger partial charge < -0.3 is 33.5 Å². The van der Waals surface area contributed by atoms with Crippen LogP contribution in [0.4, 0.5) is 0 Å². The van der Waals surface area contributed by atoms with E-state index >= 15 is 0 Å². The van der Waals surface area contributed by atoms with E-state index in [0.29, 0.717) is 6.42 Å². The monoisotopic (exact) mass is 388 g/mol. The van der Waals surface area contributed by atoms with Crippen molar-refractivity contribution in [2.45, 2.75) is 30.8 Å². The molecule has 1 saturated carbocycles. The maximum absolute atomic E-state index is 11.6. The highest BCUT2D eigenvalue weighted by Crippen LogP contribution is 2.34. The molecule has 1 aliphatic rings. The zero-order valence-electron chi connectivity index (χ0n) is 15.0. The van der Waals surface area contributed by atoms with Crippen molar-refractivity contribution in [1.29, 1.82) is 0 Å². The number of rotatable bonds is 12. The Kier molecular flexibility index (Phi) is 10.3. The molecule has 0 aliphatic heterocycles. The fourth-order valence-electron chi connectivity index (χ4n) is 2.75. The summed E-state index contributed by atoms with van der Waals surface area (Å²) in [6, 6.07) is 0. The molecule has 5 atom stereocenters. The highest BCUT2D eigenvalue weighted by Gasteiger charge is 2.49. The minimum atomic E-state index is -3.79. The molecule has 0 unspecified atom stereocenters. The van der Waals surface area contributed by atoms with Crippen molar-refractivity contribution in [3.63, 3.8) is 0 Å². The predicted molar refractivity (Wildman–Crippen MR) is 85.2 cm³/mol. The molecule has 0 heterocycles. The number of hydrogen-bond donors (Lipinski definition) is 1. The molecule has 0 spiro atoms. The molecule has 0 bridgehead atoms. The molecule has 0 radical (unpaired) electrons. The number of hydrogen-bond acceptors (Lipinski definition) is 10. The SMILES string of the molecule is COCO[C@H]1[C@@H](OCOC)[C@H](OCOC)C[C@H](CO)[C@@H]1OS(C)(=O)=O. The Morgan fingerprint density at radius 2 is 1.40 bits per heavy atom. The molecule has 1 aliphatic carbocycles. The summed E-state index contributed by atoms with van der Waals surface area (Å²) in [5.41, 5.74) is 0. The summed E-state index contributed by atoms with van der Waals surface area (Å²) < 4.78 is 60.1. The molecule has 1 N–H and O–H groups in total. The van der Waals surface area contributed by atoms with Crippen LogP contribution in [0.2, 0.25) is 0 Å². The third-order valence-electron chi connectivity index (χ3n) is 3.69. The predicted octanol–water partition coefficient (Wildman–Crippen LogP) is -0.689. The Morgan fingerprint density at radius 3 is 1.88 bits per heavy atom. The van der Waals surface area contributed by atoms with Gasteiger partial charge in [0.2, 0.25) is 0 Å². The van der Waals surface area contributed by atoms with Gasteiger partial charge in [0, 0.05) is 33.9 Å². The molecule has 11 heteroatoms. The van der Waals surface area contributed by atoms with E-state index < -0.39 is 40.5 Å².